The van der Waals surface area contributed by atoms with E-state index in [1.54, 1.807) is 30.3 Å². The topological polar surface area (TPSA) is 101 Å². The van der Waals surface area contributed by atoms with Gasteiger partial charge in [0.2, 0.25) is 5.91 Å². The van der Waals surface area contributed by atoms with E-state index >= 15 is 0 Å². The van der Waals surface area contributed by atoms with Gasteiger partial charge in [0.05, 0.1) is 5.25 Å². The molecule has 0 heterocycles. The number of hydrogen-bond donors (Lipinski definition) is 2. The summed E-state index contributed by atoms with van der Waals surface area (Å²) in [7, 11) is -3.55. The van der Waals surface area contributed by atoms with Crippen molar-refractivity contribution in [2.75, 3.05) is 5.75 Å². The predicted molar refractivity (Wildman–Crippen MR) is 78.6 cm³/mol. The summed E-state index contributed by atoms with van der Waals surface area (Å²) in [6, 6.07) is 7.66. The zero-order chi connectivity index (χ0) is 16.0. The SMILES string of the molecule is CC(C)S(=O)(=O)CC(=O)NC(Cc1ccccc1)C(=O)O. The van der Waals surface area contributed by atoms with Crippen LogP contribution in [-0.2, 0) is 25.8 Å². The number of hydrogen-bond acceptors (Lipinski definition) is 4. The molecule has 1 atom stereocenters. The molecule has 1 aromatic rings. The molecule has 0 saturated heterocycles. The summed E-state index contributed by atoms with van der Waals surface area (Å²) >= 11 is 0. The summed E-state index contributed by atoms with van der Waals surface area (Å²) in [5.41, 5.74) is 0.747. The number of carbonyl (C=O) groups excluding carboxylic acids is 1. The number of amides is 1. The lowest BCUT2D eigenvalue weighted by Gasteiger charge is -2.15. The molecule has 2 N–H and O–H groups in total. The largest absolute Gasteiger partial charge is 0.480 e. The summed E-state index contributed by atoms with van der Waals surface area (Å²) in [5.74, 6) is -2.70. The molecule has 0 aromatic heterocycles. The van der Waals surface area contributed by atoms with Crippen molar-refractivity contribution in [2.45, 2.75) is 31.6 Å². The van der Waals surface area contributed by atoms with E-state index in [2.05, 4.69) is 5.32 Å². The van der Waals surface area contributed by atoms with Crippen LogP contribution in [0.2, 0.25) is 0 Å². The molecule has 7 heteroatoms. The normalized spacial score (nSPS) is 12.9. The molecular formula is C14H19NO5S. The number of sulfone groups is 1. The van der Waals surface area contributed by atoms with Crippen LogP contribution in [0.4, 0.5) is 0 Å². The highest BCUT2D eigenvalue weighted by atomic mass is 32.2. The van der Waals surface area contributed by atoms with E-state index in [4.69, 9.17) is 5.11 Å². The Balaban J connectivity index is 2.71. The number of carboxylic acid groups (broad SMARTS) is 1. The third kappa shape index (κ3) is 5.55. The number of carboxylic acids is 1. The third-order valence-corrected chi connectivity index (χ3v) is 5.07. The Morgan fingerprint density at radius 3 is 2.24 bits per heavy atom. The molecule has 1 amide bonds. The molecule has 0 bridgehead atoms. The molecule has 1 unspecified atom stereocenters. The lowest BCUT2D eigenvalue weighted by atomic mass is 10.1. The Kier molecular flexibility index (Phi) is 5.90. The highest BCUT2D eigenvalue weighted by Crippen LogP contribution is 2.05. The minimum atomic E-state index is -3.55. The first-order valence-corrected chi connectivity index (χ1v) is 8.21. The fourth-order valence-corrected chi connectivity index (χ4v) is 2.42. The van der Waals surface area contributed by atoms with E-state index in [0.29, 0.717) is 0 Å². The number of benzene rings is 1. The van der Waals surface area contributed by atoms with Gasteiger partial charge >= 0.3 is 5.97 Å². The average Bonchev–Trinajstić information content (AvgIpc) is 2.38. The molecule has 21 heavy (non-hydrogen) atoms. The second kappa shape index (κ2) is 7.21. The van der Waals surface area contributed by atoms with Gasteiger partial charge in [0.1, 0.15) is 11.8 Å². The summed E-state index contributed by atoms with van der Waals surface area (Å²) in [4.78, 5) is 22.9. The van der Waals surface area contributed by atoms with Gasteiger partial charge in [0.15, 0.2) is 9.84 Å². The van der Waals surface area contributed by atoms with E-state index in [1.807, 2.05) is 0 Å². The van der Waals surface area contributed by atoms with Gasteiger partial charge < -0.3 is 10.4 Å². The minimum Gasteiger partial charge on any atom is -0.480 e. The first-order valence-electron chi connectivity index (χ1n) is 6.50. The maximum absolute atomic E-state index is 11.7. The number of rotatable bonds is 7. The molecule has 0 aliphatic carbocycles. The Labute approximate surface area is 124 Å². The third-order valence-electron chi connectivity index (χ3n) is 2.97. The van der Waals surface area contributed by atoms with Gasteiger partial charge in [-0.1, -0.05) is 30.3 Å². The number of nitrogens with one attached hydrogen (secondary N) is 1. The molecule has 6 nitrogen and oxygen atoms in total. The van der Waals surface area contributed by atoms with Crippen molar-refractivity contribution in [3.63, 3.8) is 0 Å². The van der Waals surface area contributed by atoms with Crippen LogP contribution in [0.1, 0.15) is 19.4 Å². The van der Waals surface area contributed by atoms with Crippen LogP contribution in [0.25, 0.3) is 0 Å². The van der Waals surface area contributed by atoms with Crippen LogP contribution in [0.5, 0.6) is 0 Å². The maximum atomic E-state index is 11.7. The molecule has 0 aliphatic heterocycles. The second-order valence-electron chi connectivity index (χ2n) is 5.00. The molecule has 0 fully saturated rings. The highest BCUT2D eigenvalue weighted by Gasteiger charge is 2.25. The lowest BCUT2D eigenvalue weighted by Crippen LogP contribution is -2.45. The van der Waals surface area contributed by atoms with Crippen LogP contribution < -0.4 is 5.32 Å². The Hall–Kier alpha value is -1.89. The van der Waals surface area contributed by atoms with Gasteiger partial charge in [-0.3, -0.25) is 4.79 Å². The Morgan fingerprint density at radius 2 is 1.76 bits per heavy atom. The van der Waals surface area contributed by atoms with Crippen molar-refractivity contribution in [1.82, 2.24) is 5.32 Å². The summed E-state index contributed by atoms with van der Waals surface area (Å²) in [5, 5.41) is 10.7. The van der Waals surface area contributed by atoms with Crippen LogP contribution in [0, 0.1) is 0 Å². The van der Waals surface area contributed by atoms with E-state index in [0.717, 1.165) is 5.56 Å². The standard InChI is InChI=1S/C14H19NO5S/c1-10(2)21(19,20)9-13(16)15-12(14(17)18)8-11-6-4-3-5-7-11/h3-7,10,12H,8-9H2,1-2H3,(H,15,16)(H,17,18). The van der Waals surface area contributed by atoms with Crippen molar-refractivity contribution in [3.05, 3.63) is 35.9 Å². The van der Waals surface area contributed by atoms with E-state index in [1.165, 1.54) is 13.8 Å². The molecule has 0 radical (unpaired) electrons. The van der Waals surface area contributed by atoms with Gasteiger partial charge in [-0.25, -0.2) is 13.2 Å². The zero-order valence-corrected chi connectivity index (χ0v) is 12.8. The summed E-state index contributed by atoms with van der Waals surface area (Å²) in [6.07, 6.45) is 0.101. The van der Waals surface area contributed by atoms with Crippen molar-refractivity contribution >= 4 is 21.7 Å². The summed E-state index contributed by atoms with van der Waals surface area (Å²) < 4.78 is 23.3. The fourth-order valence-electron chi connectivity index (χ4n) is 1.64. The fraction of sp³-hybridized carbons (Fsp3) is 0.429. The van der Waals surface area contributed by atoms with Crippen molar-refractivity contribution < 1.29 is 23.1 Å². The maximum Gasteiger partial charge on any atom is 0.326 e. The van der Waals surface area contributed by atoms with Crippen LogP contribution in [0.15, 0.2) is 30.3 Å². The van der Waals surface area contributed by atoms with Gasteiger partial charge in [0, 0.05) is 6.42 Å². The zero-order valence-electron chi connectivity index (χ0n) is 11.9. The molecule has 1 rings (SSSR count). The first kappa shape index (κ1) is 17.2. The summed E-state index contributed by atoms with van der Waals surface area (Å²) in [6.45, 7) is 2.95. The average molecular weight is 313 g/mol. The Morgan fingerprint density at radius 1 is 1.19 bits per heavy atom. The van der Waals surface area contributed by atoms with Gasteiger partial charge in [-0.15, -0.1) is 0 Å². The molecular weight excluding hydrogens is 294 g/mol. The molecule has 1 aromatic carbocycles. The number of carbonyl (C=O) groups is 2. The lowest BCUT2D eigenvalue weighted by molar-refractivity contribution is -0.141. The Bertz CT molecular complexity index is 595. The van der Waals surface area contributed by atoms with E-state index in [9.17, 15) is 18.0 Å². The molecule has 0 aliphatic rings. The van der Waals surface area contributed by atoms with Gasteiger partial charge in [-0.2, -0.15) is 0 Å². The van der Waals surface area contributed by atoms with Crippen LogP contribution in [0.3, 0.4) is 0 Å². The smallest absolute Gasteiger partial charge is 0.326 e. The highest BCUT2D eigenvalue weighted by molar-refractivity contribution is 7.92. The molecule has 0 spiro atoms. The quantitative estimate of drug-likeness (QED) is 0.768. The second-order valence-corrected chi connectivity index (χ2v) is 7.56. The number of aliphatic carboxylic acids is 1. The molecule has 0 saturated carbocycles. The first-order chi connectivity index (χ1) is 9.72. The van der Waals surface area contributed by atoms with Gasteiger partial charge in [-0.05, 0) is 19.4 Å². The van der Waals surface area contributed by atoms with Crippen LogP contribution in [-0.4, -0.2) is 42.4 Å². The van der Waals surface area contributed by atoms with Crippen molar-refractivity contribution in [2.24, 2.45) is 0 Å². The molecule has 116 valence electrons. The van der Waals surface area contributed by atoms with E-state index < -0.39 is 38.8 Å². The monoisotopic (exact) mass is 313 g/mol. The van der Waals surface area contributed by atoms with Crippen molar-refractivity contribution in [3.8, 4) is 0 Å². The minimum absolute atomic E-state index is 0.101. The van der Waals surface area contributed by atoms with E-state index in [-0.39, 0.29) is 6.42 Å². The predicted octanol–water partition coefficient (Wildman–Crippen LogP) is 0.622. The van der Waals surface area contributed by atoms with Gasteiger partial charge in [0.25, 0.3) is 0 Å². The van der Waals surface area contributed by atoms with Crippen LogP contribution >= 0.6 is 0 Å². The van der Waals surface area contributed by atoms with Crippen molar-refractivity contribution in [1.29, 1.82) is 0 Å².